The first kappa shape index (κ1) is 8.53. The van der Waals surface area contributed by atoms with Gasteiger partial charge in [0.05, 0.1) is 6.54 Å². The van der Waals surface area contributed by atoms with Gasteiger partial charge in [0.2, 0.25) is 5.91 Å². The molecule has 0 saturated carbocycles. The van der Waals surface area contributed by atoms with E-state index in [-0.39, 0.29) is 5.91 Å². The molecule has 1 unspecified atom stereocenters. The predicted molar refractivity (Wildman–Crippen MR) is 41.1 cm³/mol. The van der Waals surface area contributed by atoms with Crippen LogP contribution in [0.2, 0.25) is 0 Å². The topological polar surface area (TPSA) is 40.5 Å². The number of hydrogen-bond donors (Lipinski definition) is 1. The summed E-state index contributed by atoms with van der Waals surface area (Å²) in [4.78, 5) is 10.8. The lowest BCUT2D eigenvalue weighted by molar-refractivity contribution is -0.175. The van der Waals surface area contributed by atoms with Crippen molar-refractivity contribution in [3.63, 3.8) is 0 Å². The van der Waals surface area contributed by atoms with Gasteiger partial charge in [0.15, 0.2) is 0 Å². The summed E-state index contributed by atoms with van der Waals surface area (Å²) in [5.41, 5.74) is 0. The van der Waals surface area contributed by atoms with Gasteiger partial charge in [-0.3, -0.25) is 10.0 Å². The second-order valence-electron chi connectivity index (χ2n) is 3.52. The van der Waals surface area contributed by atoms with E-state index in [0.717, 1.165) is 11.5 Å². The molecule has 1 aliphatic heterocycles. The van der Waals surface area contributed by atoms with E-state index in [1.807, 2.05) is 0 Å². The summed E-state index contributed by atoms with van der Waals surface area (Å²) in [5.74, 6) is 0.886. The predicted octanol–water partition coefficient (Wildman–Crippen LogP) is 1.27. The second kappa shape index (κ2) is 3.22. The molecule has 0 radical (unpaired) electrons. The van der Waals surface area contributed by atoms with Crippen LogP contribution >= 0.6 is 0 Å². The number of nitrogens with zero attached hydrogens (tertiary/aromatic N) is 1. The summed E-state index contributed by atoms with van der Waals surface area (Å²) < 4.78 is 0. The zero-order valence-corrected chi connectivity index (χ0v) is 7.08. The summed E-state index contributed by atoms with van der Waals surface area (Å²) in [6, 6.07) is 0. The first-order chi connectivity index (χ1) is 5.11. The molecule has 1 amide bonds. The second-order valence-corrected chi connectivity index (χ2v) is 3.52. The molecule has 0 aromatic rings. The minimum atomic E-state index is -0.137. The van der Waals surface area contributed by atoms with Crippen molar-refractivity contribution in [1.29, 1.82) is 0 Å². The van der Waals surface area contributed by atoms with E-state index in [1.165, 1.54) is 0 Å². The van der Waals surface area contributed by atoms with Crippen LogP contribution in [-0.2, 0) is 4.79 Å². The summed E-state index contributed by atoms with van der Waals surface area (Å²) in [5, 5.41) is 9.94. The number of hydroxylamine groups is 2. The summed E-state index contributed by atoms with van der Waals surface area (Å²) in [7, 11) is 0. The Morgan fingerprint density at radius 2 is 2.27 bits per heavy atom. The summed E-state index contributed by atoms with van der Waals surface area (Å²) in [6.45, 7) is 4.75. The van der Waals surface area contributed by atoms with Crippen LogP contribution in [0.25, 0.3) is 0 Å². The Bertz CT molecular complexity index is 156. The van der Waals surface area contributed by atoms with Crippen LogP contribution in [0.5, 0.6) is 0 Å². The highest BCUT2D eigenvalue weighted by Gasteiger charge is 2.26. The van der Waals surface area contributed by atoms with Crippen molar-refractivity contribution in [1.82, 2.24) is 5.06 Å². The van der Waals surface area contributed by atoms with Gasteiger partial charge in [0.1, 0.15) is 0 Å². The number of carbonyl (C=O) groups excluding carboxylic acids is 1. The molecule has 0 aromatic heterocycles. The van der Waals surface area contributed by atoms with E-state index in [1.54, 1.807) is 0 Å². The molecule has 11 heavy (non-hydrogen) atoms. The van der Waals surface area contributed by atoms with E-state index in [2.05, 4.69) is 13.8 Å². The Hall–Kier alpha value is -0.570. The van der Waals surface area contributed by atoms with Gasteiger partial charge in [-0.15, -0.1) is 0 Å². The van der Waals surface area contributed by atoms with E-state index < -0.39 is 0 Å². The molecule has 1 N–H and O–H groups in total. The highest BCUT2D eigenvalue weighted by molar-refractivity contribution is 5.75. The summed E-state index contributed by atoms with van der Waals surface area (Å²) in [6.07, 6.45) is 1.42. The Kier molecular flexibility index (Phi) is 2.49. The molecule has 1 atom stereocenters. The first-order valence-electron chi connectivity index (χ1n) is 4.10. The van der Waals surface area contributed by atoms with E-state index in [0.29, 0.717) is 24.8 Å². The standard InChI is InChI=1S/C8H15NO2/c1-6(2)7-3-4-8(10)9(11)5-7/h6-7,11H,3-5H2,1-2H3. The van der Waals surface area contributed by atoms with Gasteiger partial charge in [-0.1, -0.05) is 13.8 Å². The monoisotopic (exact) mass is 157 g/mol. The Morgan fingerprint density at radius 1 is 1.64 bits per heavy atom. The fraction of sp³-hybridized carbons (Fsp3) is 0.875. The van der Waals surface area contributed by atoms with Gasteiger partial charge in [0.25, 0.3) is 0 Å². The van der Waals surface area contributed by atoms with Crippen molar-refractivity contribution in [2.45, 2.75) is 26.7 Å². The number of rotatable bonds is 1. The Labute approximate surface area is 67.0 Å². The maximum absolute atomic E-state index is 10.8. The number of amides is 1. The third kappa shape index (κ3) is 1.93. The molecule has 1 saturated heterocycles. The fourth-order valence-electron chi connectivity index (χ4n) is 1.40. The maximum atomic E-state index is 10.8. The van der Waals surface area contributed by atoms with Gasteiger partial charge in [-0.2, -0.15) is 0 Å². The minimum Gasteiger partial charge on any atom is -0.286 e. The lowest BCUT2D eigenvalue weighted by atomic mass is 9.88. The molecular weight excluding hydrogens is 142 g/mol. The number of carbonyl (C=O) groups is 1. The van der Waals surface area contributed by atoms with Crippen LogP contribution in [0.1, 0.15) is 26.7 Å². The lowest BCUT2D eigenvalue weighted by Gasteiger charge is -2.30. The molecule has 3 heteroatoms. The van der Waals surface area contributed by atoms with E-state index in [9.17, 15) is 4.79 Å². The molecule has 1 rings (SSSR count). The smallest absolute Gasteiger partial charge is 0.245 e. The SMILES string of the molecule is CC(C)C1CCC(=O)N(O)C1. The summed E-state index contributed by atoms with van der Waals surface area (Å²) >= 11 is 0. The highest BCUT2D eigenvalue weighted by Crippen LogP contribution is 2.22. The first-order valence-corrected chi connectivity index (χ1v) is 4.10. The van der Waals surface area contributed by atoms with Crippen molar-refractivity contribution in [2.24, 2.45) is 11.8 Å². The van der Waals surface area contributed by atoms with Crippen molar-refractivity contribution >= 4 is 5.91 Å². The van der Waals surface area contributed by atoms with Crippen molar-refractivity contribution in [3.8, 4) is 0 Å². The average Bonchev–Trinajstić information content (AvgIpc) is 1.94. The molecule has 0 spiro atoms. The van der Waals surface area contributed by atoms with Crippen LogP contribution in [0.3, 0.4) is 0 Å². The highest BCUT2D eigenvalue weighted by atomic mass is 16.5. The molecule has 64 valence electrons. The van der Waals surface area contributed by atoms with Gasteiger partial charge in [-0.25, -0.2) is 5.06 Å². The maximum Gasteiger partial charge on any atom is 0.245 e. The normalized spacial score (nSPS) is 26.4. The lowest BCUT2D eigenvalue weighted by Crippen LogP contribution is -2.39. The average molecular weight is 157 g/mol. The Morgan fingerprint density at radius 3 is 2.73 bits per heavy atom. The van der Waals surface area contributed by atoms with Crippen molar-refractivity contribution < 1.29 is 10.0 Å². The zero-order chi connectivity index (χ0) is 8.43. The molecule has 1 heterocycles. The van der Waals surface area contributed by atoms with Gasteiger partial charge in [-0.05, 0) is 18.3 Å². The van der Waals surface area contributed by atoms with Crippen LogP contribution < -0.4 is 0 Å². The van der Waals surface area contributed by atoms with Gasteiger partial charge < -0.3 is 0 Å². The molecular formula is C8H15NO2. The largest absolute Gasteiger partial charge is 0.286 e. The van der Waals surface area contributed by atoms with Crippen LogP contribution in [0.15, 0.2) is 0 Å². The molecule has 1 aliphatic rings. The number of piperidine rings is 1. The quantitative estimate of drug-likeness (QED) is 0.582. The fourth-order valence-corrected chi connectivity index (χ4v) is 1.40. The minimum absolute atomic E-state index is 0.137. The zero-order valence-electron chi connectivity index (χ0n) is 7.08. The Balaban J connectivity index is 2.46. The van der Waals surface area contributed by atoms with Crippen LogP contribution in [0.4, 0.5) is 0 Å². The molecule has 1 fully saturated rings. The van der Waals surface area contributed by atoms with Crippen molar-refractivity contribution in [2.75, 3.05) is 6.54 Å². The number of hydrogen-bond acceptors (Lipinski definition) is 2. The van der Waals surface area contributed by atoms with E-state index in [4.69, 9.17) is 5.21 Å². The van der Waals surface area contributed by atoms with Gasteiger partial charge in [0, 0.05) is 6.42 Å². The molecule has 0 aromatic carbocycles. The van der Waals surface area contributed by atoms with Crippen LogP contribution in [0, 0.1) is 11.8 Å². The molecule has 0 bridgehead atoms. The third-order valence-corrected chi connectivity index (χ3v) is 2.37. The van der Waals surface area contributed by atoms with Gasteiger partial charge >= 0.3 is 0 Å². The third-order valence-electron chi connectivity index (χ3n) is 2.37. The van der Waals surface area contributed by atoms with Crippen molar-refractivity contribution in [3.05, 3.63) is 0 Å². The molecule has 0 aliphatic carbocycles. The van der Waals surface area contributed by atoms with Crippen LogP contribution in [-0.4, -0.2) is 22.7 Å². The van der Waals surface area contributed by atoms with E-state index >= 15 is 0 Å². The molecule has 3 nitrogen and oxygen atoms in total.